The number of hydrogen-bond donors (Lipinski definition) is 1. The lowest BCUT2D eigenvalue weighted by molar-refractivity contribution is 0.672. The molecule has 0 bridgehead atoms. The predicted octanol–water partition coefficient (Wildman–Crippen LogP) is 5.02. The van der Waals surface area contributed by atoms with Gasteiger partial charge in [0.05, 0.1) is 11.0 Å². The molecule has 0 fully saturated rings. The zero-order chi connectivity index (χ0) is 13.1. The van der Waals surface area contributed by atoms with Gasteiger partial charge in [0, 0.05) is 27.6 Å². The molecular formula is C18H10NO. The third kappa shape index (κ3) is 1.14. The van der Waals surface area contributed by atoms with Crippen molar-refractivity contribution < 1.29 is 4.42 Å². The Kier molecular flexibility index (Phi) is 1.73. The molecule has 2 heteroatoms. The lowest BCUT2D eigenvalue weighted by Gasteiger charge is -1.92. The number of nitrogens with one attached hydrogen (secondary N) is 1. The normalized spacial score (nSPS) is 12.0. The molecule has 3 aromatic carbocycles. The highest BCUT2D eigenvalue weighted by Gasteiger charge is 2.12. The van der Waals surface area contributed by atoms with Gasteiger partial charge in [-0.25, -0.2) is 0 Å². The van der Waals surface area contributed by atoms with Crippen LogP contribution in [0, 0.1) is 6.07 Å². The SMILES string of the molecule is [c]1cccc2c1[nH]c1c2ccc2c3ccccc3oc21. The summed E-state index contributed by atoms with van der Waals surface area (Å²) in [6, 6.07) is 21.7. The van der Waals surface area contributed by atoms with E-state index in [2.05, 4.69) is 35.3 Å². The summed E-state index contributed by atoms with van der Waals surface area (Å²) in [6.07, 6.45) is 0. The Hall–Kier alpha value is -2.74. The quantitative estimate of drug-likeness (QED) is 0.414. The van der Waals surface area contributed by atoms with Crippen LogP contribution in [0.25, 0.3) is 43.7 Å². The van der Waals surface area contributed by atoms with E-state index in [0.717, 1.165) is 33.0 Å². The molecule has 2 heterocycles. The molecule has 0 spiro atoms. The van der Waals surface area contributed by atoms with E-state index >= 15 is 0 Å². The summed E-state index contributed by atoms with van der Waals surface area (Å²) in [5, 5.41) is 4.68. The van der Waals surface area contributed by atoms with Gasteiger partial charge in [0.2, 0.25) is 0 Å². The first-order valence-electron chi connectivity index (χ1n) is 6.64. The van der Waals surface area contributed by atoms with Gasteiger partial charge in [-0.1, -0.05) is 42.5 Å². The molecule has 0 saturated heterocycles. The van der Waals surface area contributed by atoms with Crippen LogP contribution < -0.4 is 0 Å². The summed E-state index contributed by atoms with van der Waals surface area (Å²) in [7, 11) is 0. The Balaban J connectivity index is 2.10. The first-order chi connectivity index (χ1) is 9.92. The Morgan fingerprint density at radius 2 is 1.65 bits per heavy atom. The Bertz CT molecular complexity index is 1010. The number of hydrogen-bond acceptors (Lipinski definition) is 1. The van der Waals surface area contributed by atoms with Crippen molar-refractivity contribution in [3.63, 3.8) is 0 Å². The third-order valence-corrected chi connectivity index (χ3v) is 3.94. The second-order valence-electron chi connectivity index (χ2n) is 5.05. The zero-order valence-corrected chi connectivity index (χ0v) is 10.6. The summed E-state index contributed by atoms with van der Waals surface area (Å²) in [5.41, 5.74) is 3.93. The van der Waals surface area contributed by atoms with Crippen molar-refractivity contribution in [2.75, 3.05) is 0 Å². The van der Waals surface area contributed by atoms with Crippen LogP contribution in [0.3, 0.4) is 0 Å². The van der Waals surface area contributed by atoms with Crippen molar-refractivity contribution in [1.82, 2.24) is 4.98 Å². The van der Waals surface area contributed by atoms with Crippen LogP contribution >= 0.6 is 0 Å². The molecule has 0 unspecified atom stereocenters. The molecule has 20 heavy (non-hydrogen) atoms. The second kappa shape index (κ2) is 3.42. The molecule has 0 aliphatic carbocycles. The average Bonchev–Trinajstić information content (AvgIpc) is 3.05. The number of H-pyrrole nitrogens is 1. The van der Waals surface area contributed by atoms with E-state index in [4.69, 9.17) is 4.42 Å². The van der Waals surface area contributed by atoms with Gasteiger partial charge in [0.1, 0.15) is 5.58 Å². The van der Waals surface area contributed by atoms with E-state index < -0.39 is 0 Å². The van der Waals surface area contributed by atoms with Gasteiger partial charge in [-0.15, -0.1) is 0 Å². The first-order valence-corrected chi connectivity index (χ1v) is 6.64. The van der Waals surface area contributed by atoms with Crippen LogP contribution in [-0.4, -0.2) is 4.98 Å². The fourth-order valence-corrected chi connectivity index (χ4v) is 3.03. The third-order valence-electron chi connectivity index (χ3n) is 3.94. The minimum Gasteiger partial charge on any atom is -0.454 e. The summed E-state index contributed by atoms with van der Waals surface area (Å²) >= 11 is 0. The second-order valence-corrected chi connectivity index (χ2v) is 5.05. The molecule has 2 aromatic heterocycles. The molecule has 2 nitrogen and oxygen atoms in total. The number of furan rings is 1. The van der Waals surface area contributed by atoms with Gasteiger partial charge in [-0.3, -0.25) is 0 Å². The van der Waals surface area contributed by atoms with Crippen molar-refractivity contribution in [2.24, 2.45) is 0 Å². The molecule has 5 rings (SSSR count). The van der Waals surface area contributed by atoms with Crippen LogP contribution in [0.2, 0.25) is 0 Å². The number of rotatable bonds is 0. The summed E-state index contributed by atoms with van der Waals surface area (Å²) < 4.78 is 6.05. The maximum atomic E-state index is 6.05. The van der Waals surface area contributed by atoms with E-state index in [9.17, 15) is 0 Å². The van der Waals surface area contributed by atoms with E-state index in [1.807, 2.05) is 30.3 Å². The minimum absolute atomic E-state index is 0.924. The molecule has 1 radical (unpaired) electrons. The molecule has 0 saturated carbocycles. The number of fused-ring (bicyclic) bond motifs is 7. The van der Waals surface area contributed by atoms with Gasteiger partial charge in [-0.2, -0.15) is 0 Å². The molecule has 5 aromatic rings. The number of benzene rings is 3. The molecule has 1 N–H and O–H groups in total. The largest absolute Gasteiger partial charge is 0.454 e. The number of aromatic nitrogens is 1. The van der Waals surface area contributed by atoms with E-state index in [-0.39, 0.29) is 0 Å². The van der Waals surface area contributed by atoms with Crippen LogP contribution in [0.4, 0.5) is 0 Å². The van der Waals surface area contributed by atoms with Gasteiger partial charge in [0.15, 0.2) is 5.58 Å². The molecule has 0 aliphatic heterocycles. The fraction of sp³-hybridized carbons (Fsp3) is 0. The Labute approximate surface area is 114 Å². The highest BCUT2D eigenvalue weighted by Crippen LogP contribution is 2.36. The molecule has 0 atom stereocenters. The summed E-state index contributed by atoms with van der Waals surface area (Å²) in [6.45, 7) is 0. The van der Waals surface area contributed by atoms with Gasteiger partial charge < -0.3 is 9.40 Å². The van der Waals surface area contributed by atoms with Crippen molar-refractivity contribution in [1.29, 1.82) is 0 Å². The molecule has 93 valence electrons. The van der Waals surface area contributed by atoms with Crippen LogP contribution in [0.1, 0.15) is 0 Å². The van der Waals surface area contributed by atoms with Gasteiger partial charge in [0.25, 0.3) is 0 Å². The monoisotopic (exact) mass is 256 g/mol. The van der Waals surface area contributed by atoms with Crippen LogP contribution in [-0.2, 0) is 0 Å². The maximum Gasteiger partial charge on any atom is 0.159 e. The van der Waals surface area contributed by atoms with Crippen molar-refractivity contribution >= 4 is 43.7 Å². The molecule has 0 aliphatic rings. The van der Waals surface area contributed by atoms with Gasteiger partial charge in [-0.05, 0) is 12.1 Å². The summed E-state index contributed by atoms with van der Waals surface area (Å²) in [4.78, 5) is 3.43. The molecular weight excluding hydrogens is 246 g/mol. The lowest BCUT2D eigenvalue weighted by Crippen LogP contribution is -1.69. The van der Waals surface area contributed by atoms with Crippen molar-refractivity contribution in [3.8, 4) is 0 Å². The van der Waals surface area contributed by atoms with E-state index in [0.29, 0.717) is 0 Å². The topological polar surface area (TPSA) is 28.9 Å². The smallest absolute Gasteiger partial charge is 0.159 e. The summed E-state index contributed by atoms with van der Waals surface area (Å²) in [5.74, 6) is 0. The van der Waals surface area contributed by atoms with E-state index in [1.165, 1.54) is 10.8 Å². The van der Waals surface area contributed by atoms with Crippen molar-refractivity contribution in [3.05, 3.63) is 60.7 Å². The number of para-hydroxylation sites is 2. The Morgan fingerprint density at radius 1 is 0.800 bits per heavy atom. The number of aromatic amines is 1. The van der Waals surface area contributed by atoms with Crippen LogP contribution in [0.15, 0.2) is 59.0 Å². The molecule has 0 amide bonds. The standard InChI is InChI=1S/C18H10NO/c1-3-7-15-11(5-1)13-9-10-14-12-6-2-4-8-16(12)20-18(14)17(13)19-15/h1-6,8-10,19H. The average molecular weight is 256 g/mol. The maximum absolute atomic E-state index is 6.05. The minimum atomic E-state index is 0.924. The highest BCUT2D eigenvalue weighted by molar-refractivity contribution is 6.20. The van der Waals surface area contributed by atoms with Crippen molar-refractivity contribution in [2.45, 2.75) is 0 Å². The Morgan fingerprint density at radius 3 is 2.65 bits per heavy atom. The lowest BCUT2D eigenvalue weighted by atomic mass is 10.1. The van der Waals surface area contributed by atoms with Crippen LogP contribution in [0.5, 0.6) is 0 Å². The zero-order valence-electron chi connectivity index (χ0n) is 10.6. The fourth-order valence-electron chi connectivity index (χ4n) is 3.03. The first kappa shape index (κ1) is 10.1. The van der Waals surface area contributed by atoms with E-state index in [1.54, 1.807) is 0 Å². The van der Waals surface area contributed by atoms with Gasteiger partial charge >= 0.3 is 0 Å². The highest BCUT2D eigenvalue weighted by atomic mass is 16.3. The predicted molar refractivity (Wildman–Crippen MR) is 81.9 cm³/mol.